The van der Waals surface area contributed by atoms with E-state index in [0.717, 1.165) is 23.4 Å². The number of nitrogens with zero attached hydrogens (tertiary/aromatic N) is 3. The molecule has 0 saturated carbocycles. The lowest BCUT2D eigenvalue weighted by molar-refractivity contribution is -0.131. The van der Waals surface area contributed by atoms with Gasteiger partial charge in [-0.15, -0.1) is 0 Å². The molecule has 1 aliphatic rings. The lowest BCUT2D eigenvalue weighted by atomic mass is 10.1. The maximum absolute atomic E-state index is 12.3. The Morgan fingerprint density at radius 3 is 2.87 bits per heavy atom. The normalized spacial score (nSPS) is 15.6. The standard InChI is InChI=1S/C17H24N4O2/c1-12-5-4-10-18-15(12)11-13(2)21(3)17(23)9-7-14-6-8-16(22)20-19-14/h4-5,10,13H,6-9,11H2,1-3H3,(H,20,22)/t13-/m1/s1. The topological polar surface area (TPSA) is 74.7 Å². The van der Waals surface area contributed by atoms with E-state index >= 15 is 0 Å². The zero-order valence-electron chi connectivity index (χ0n) is 14.0. The van der Waals surface area contributed by atoms with Crippen molar-refractivity contribution in [1.82, 2.24) is 15.3 Å². The molecule has 0 spiro atoms. The fourth-order valence-electron chi connectivity index (χ4n) is 2.51. The van der Waals surface area contributed by atoms with Crippen LogP contribution in [0, 0.1) is 6.92 Å². The maximum atomic E-state index is 12.3. The van der Waals surface area contributed by atoms with Crippen LogP contribution in [0.3, 0.4) is 0 Å². The molecule has 1 aliphatic heterocycles. The number of rotatable bonds is 6. The smallest absolute Gasteiger partial charge is 0.240 e. The number of likely N-dealkylation sites (N-methyl/N-ethyl adjacent to an activating group) is 1. The summed E-state index contributed by atoms with van der Waals surface area (Å²) in [6, 6.07) is 4.04. The van der Waals surface area contributed by atoms with Crippen LogP contribution in [0.25, 0.3) is 0 Å². The quantitative estimate of drug-likeness (QED) is 0.870. The molecule has 1 aromatic rings. The fraction of sp³-hybridized carbons (Fsp3) is 0.529. The largest absolute Gasteiger partial charge is 0.343 e. The summed E-state index contributed by atoms with van der Waals surface area (Å²) in [4.78, 5) is 29.5. The maximum Gasteiger partial charge on any atom is 0.240 e. The minimum Gasteiger partial charge on any atom is -0.343 e. The van der Waals surface area contributed by atoms with Gasteiger partial charge in [-0.3, -0.25) is 14.6 Å². The van der Waals surface area contributed by atoms with E-state index in [1.54, 1.807) is 11.1 Å². The van der Waals surface area contributed by atoms with Crippen molar-refractivity contribution in [2.75, 3.05) is 7.05 Å². The lowest BCUT2D eigenvalue weighted by Gasteiger charge is -2.25. The highest BCUT2D eigenvalue weighted by molar-refractivity contribution is 5.94. The number of hydrogen-bond donors (Lipinski definition) is 1. The molecule has 2 amide bonds. The number of pyridine rings is 1. The zero-order chi connectivity index (χ0) is 16.8. The minimum atomic E-state index is -0.0588. The Bertz CT molecular complexity index is 612. The van der Waals surface area contributed by atoms with Crippen molar-refractivity contribution in [2.24, 2.45) is 5.10 Å². The van der Waals surface area contributed by atoms with Crippen LogP contribution >= 0.6 is 0 Å². The summed E-state index contributed by atoms with van der Waals surface area (Å²) in [6.07, 6.45) is 4.64. The number of aryl methyl sites for hydroxylation is 1. The molecule has 1 atom stereocenters. The summed E-state index contributed by atoms with van der Waals surface area (Å²) in [5.41, 5.74) is 5.52. The molecule has 23 heavy (non-hydrogen) atoms. The molecule has 1 N–H and O–H groups in total. The van der Waals surface area contributed by atoms with Crippen molar-refractivity contribution in [3.8, 4) is 0 Å². The Morgan fingerprint density at radius 1 is 1.43 bits per heavy atom. The predicted octanol–water partition coefficient (Wildman–Crippen LogP) is 1.83. The molecular formula is C17H24N4O2. The molecule has 6 heteroatoms. The van der Waals surface area contributed by atoms with E-state index in [1.807, 2.05) is 33.0 Å². The van der Waals surface area contributed by atoms with Crippen molar-refractivity contribution in [2.45, 2.75) is 52.0 Å². The summed E-state index contributed by atoms with van der Waals surface area (Å²) in [7, 11) is 1.83. The van der Waals surface area contributed by atoms with Gasteiger partial charge in [0.15, 0.2) is 0 Å². The van der Waals surface area contributed by atoms with Gasteiger partial charge in [-0.2, -0.15) is 5.10 Å². The minimum absolute atomic E-state index is 0.0588. The first kappa shape index (κ1) is 17.1. The van der Waals surface area contributed by atoms with Gasteiger partial charge < -0.3 is 4.90 Å². The molecule has 2 rings (SSSR count). The predicted molar refractivity (Wildman–Crippen MR) is 89.0 cm³/mol. The third-order valence-electron chi connectivity index (χ3n) is 4.27. The molecule has 0 bridgehead atoms. The Kier molecular flexibility index (Phi) is 5.84. The Labute approximate surface area is 137 Å². The number of carbonyl (C=O) groups excluding carboxylic acids is 2. The van der Waals surface area contributed by atoms with Crippen LogP contribution in [0.4, 0.5) is 0 Å². The number of aromatic nitrogens is 1. The summed E-state index contributed by atoms with van der Waals surface area (Å²) in [5.74, 6) is 0.0298. The van der Waals surface area contributed by atoms with Crippen LogP contribution in [0.2, 0.25) is 0 Å². The monoisotopic (exact) mass is 316 g/mol. The van der Waals surface area contributed by atoms with Crippen LogP contribution in [0.1, 0.15) is 43.9 Å². The molecule has 0 aromatic carbocycles. The van der Waals surface area contributed by atoms with E-state index in [-0.39, 0.29) is 17.9 Å². The number of amides is 2. The Morgan fingerprint density at radius 2 is 2.22 bits per heavy atom. The third kappa shape index (κ3) is 4.87. The van der Waals surface area contributed by atoms with E-state index < -0.39 is 0 Å². The molecule has 0 saturated heterocycles. The average molecular weight is 316 g/mol. The first-order chi connectivity index (χ1) is 11.0. The van der Waals surface area contributed by atoms with E-state index in [0.29, 0.717) is 25.7 Å². The molecule has 2 heterocycles. The van der Waals surface area contributed by atoms with Crippen LogP contribution in [0.5, 0.6) is 0 Å². The molecular weight excluding hydrogens is 292 g/mol. The van der Waals surface area contributed by atoms with Crippen molar-refractivity contribution in [1.29, 1.82) is 0 Å². The zero-order valence-corrected chi connectivity index (χ0v) is 14.0. The lowest BCUT2D eigenvalue weighted by Crippen LogP contribution is -2.37. The molecule has 0 aliphatic carbocycles. The summed E-state index contributed by atoms with van der Waals surface area (Å²) >= 11 is 0. The van der Waals surface area contributed by atoms with Gasteiger partial charge in [-0.25, -0.2) is 5.43 Å². The van der Waals surface area contributed by atoms with Gasteiger partial charge in [0.05, 0.1) is 0 Å². The van der Waals surface area contributed by atoms with E-state index in [1.165, 1.54) is 0 Å². The van der Waals surface area contributed by atoms with Gasteiger partial charge in [0, 0.05) is 50.0 Å². The number of nitrogens with one attached hydrogen (secondary N) is 1. The number of carbonyl (C=O) groups is 2. The SMILES string of the molecule is Cc1cccnc1C[C@@H](C)N(C)C(=O)CCC1=NNC(=O)CC1. The van der Waals surface area contributed by atoms with Crippen LogP contribution < -0.4 is 5.43 Å². The molecule has 1 aromatic heterocycles. The highest BCUT2D eigenvalue weighted by Gasteiger charge is 2.19. The van der Waals surface area contributed by atoms with Crippen molar-refractivity contribution < 1.29 is 9.59 Å². The van der Waals surface area contributed by atoms with Gasteiger partial charge in [0.2, 0.25) is 11.8 Å². The third-order valence-corrected chi connectivity index (χ3v) is 4.27. The van der Waals surface area contributed by atoms with Gasteiger partial charge in [0.1, 0.15) is 0 Å². The second-order valence-electron chi connectivity index (χ2n) is 6.04. The van der Waals surface area contributed by atoms with Crippen molar-refractivity contribution >= 4 is 17.5 Å². The van der Waals surface area contributed by atoms with E-state index in [9.17, 15) is 9.59 Å². The van der Waals surface area contributed by atoms with Crippen LogP contribution in [-0.2, 0) is 16.0 Å². The summed E-state index contributed by atoms with van der Waals surface area (Å²) < 4.78 is 0. The molecule has 124 valence electrons. The molecule has 0 unspecified atom stereocenters. The fourth-order valence-corrected chi connectivity index (χ4v) is 2.51. The van der Waals surface area contributed by atoms with Gasteiger partial charge in [0.25, 0.3) is 0 Å². The molecule has 6 nitrogen and oxygen atoms in total. The second-order valence-corrected chi connectivity index (χ2v) is 6.04. The van der Waals surface area contributed by atoms with Gasteiger partial charge in [-0.05, 0) is 38.3 Å². The average Bonchev–Trinajstić information content (AvgIpc) is 2.55. The molecule has 0 radical (unpaired) electrons. The summed E-state index contributed by atoms with van der Waals surface area (Å²) in [5, 5.41) is 4.00. The first-order valence-electron chi connectivity index (χ1n) is 7.97. The van der Waals surface area contributed by atoms with E-state index in [2.05, 4.69) is 15.5 Å². The van der Waals surface area contributed by atoms with Gasteiger partial charge >= 0.3 is 0 Å². The van der Waals surface area contributed by atoms with Crippen LogP contribution in [-0.4, -0.2) is 40.5 Å². The second kappa shape index (κ2) is 7.85. The van der Waals surface area contributed by atoms with E-state index in [4.69, 9.17) is 0 Å². The Balaban J connectivity index is 1.84. The van der Waals surface area contributed by atoms with Crippen LogP contribution in [0.15, 0.2) is 23.4 Å². The Hall–Kier alpha value is -2.24. The van der Waals surface area contributed by atoms with Gasteiger partial charge in [-0.1, -0.05) is 6.07 Å². The van der Waals surface area contributed by atoms with Crippen molar-refractivity contribution in [3.05, 3.63) is 29.6 Å². The number of hydrazone groups is 1. The van der Waals surface area contributed by atoms with Crippen molar-refractivity contribution in [3.63, 3.8) is 0 Å². The summed E-state index contributed by atoms with van der Waals surface area (Å²) in [6.45, 7) is 4.07. The number of hydrogen-bond acceptors (Lipinski definition) is 4. The highest BCUT2D eigenvalue weighted by atomic mass is 16.2. The molecule has 0 fully saturated rings. The first-order valence-corrected chi connectivity index (χ1v) is 7.97. The highest BCUT2D eigenvalue weighted by Crippen LogP contribution is 2.12.